The Bertz CT molecular complexity index is 399. The zero-order valence-corrected chi connectivity index (χ0v) is 10.9. The van der Waals surface area contributed by atoms with Gasteiger partial charge in [0.1, 0.15) is 6.61 Å². The van der Waals surface area contributed by atoms with Crippen molar-refractivity contribution < 1.29 is 9.47 Å². The zero-order valence-electron chi connectivity index (χ0n) is 10.9. The Morgan fingerprint density at radius 2 is 2.22 bits per heavy atom. The molecule has 2 rings (SSSR count). The van der Waals surface area contributed by atoms with E-state index in [-0.39, 0.29) is 0 Å². The topological polar surface area (TPSA) is 30.5 Å². The molecule has 1 aliphatic carbocycles. The van der Waals surface area contributed by atoms with Crippen molar-refractivity contribution in [1.29, 1.82) is 0 Å². The van der Waals surface area contributed by atoms with E-state index in [1.807, 2.05) is 19.1 Å². The number of ether oxygens (including phenoxy) is 2. The van der Waals surface area contributed by atoms with Gasteiger partial charge in [0, 0.05) is 18.2 Å². The third-order valence-electron chi connectivity index (χ3n) is 2.86. The summed E-state index contributed by atoms with van der Waals surface area (Å²) in [5.41, 5.74) is 1.15. The first-order chi connectivity index (χ1) is 8.85. The third-order valence-corrected chi connectivity index (χ3v) is 2.86. The largest absolute Gasteiger partial charge is 0.490 e. The number of benzene rings is 1. The van der Waals surface area contributed by atoms with Crippen LogP contribution in [-0.4, -0.2) is 19.3 Å². The summed E-state index contributed by atoms with van der Waals surface area (Å²) in [6.07, 6.45) is 4.32. The molecular formula is C15H21NO2. The van der Waals surface area contributed by atoms with E-state index in [9.17, 15) is 0 Å². The highest BCUT2D eigenvalue weighted by Gasteiger charge is 2.21. The Hall–Kier alpha value is -1.48. The van der Waals surface area contributed by atoms with E-state index in [1.165, 1.54) is 12.8 Å². The maximum atomic E-state index is 5.74. The van der Waals surface area contributed by atoms with Gasteiger partial charge in [0.05, 0.1) is 6.61 Å². The summed E-state index contributed by atoms with van der Waals surface area (Å²) >= 11 is 0. The monoisotopic (exact) mass is 247 g/mol. The Morgan fingerprint density at radius 3 is 2.89 bits per heavy atom. The molecule has 3 heteroatoms. The van der Waals surface area contributed by atoms with Crippen LogP contribution in [0.15, 0.2) is 30.9 Å². The summed E-state index contributed by atoms with van der Waals surface area (Å²) < 4.78 is 11.3. The second-order valence-electron chi connectivity index (χ2n) is 4.43. The maximum absolute atomic E-state index is 5.74. The first-order valence-electron chi connectivity index (χ1n) is 6.57. The molecular weight excluding hydrogens is 226 g/mol. The first kappa shape index (κ1) is 13.0. The van der Waals surface area contributed by atoms with Gasteiger partial charge in [-0.15, -0.1) is 0 Å². The smallest absolute Gasteiger partial charge is 0.166 e. The van der Waals surface area contributed by atoms with E-state index in [1.54, 1.807) is 6.08 Å². The lowest BCUT2D eigenvalue weighted by molar-refractivity contribution is 0.294. The molecule has 1 saturated carbocycles. The summed E-state index contributed by atoms with van der Waals surface area (Å²) in [5, 5.41) is 3.50. The van der Waals surface area contributed by atoms with Crippen molar-refractivity contribution >= 4 is 0 Å². The fourth-order valence-electron chi connectivity index (χ4n) is 1.82. The van der Waals surface area contributed by atoms with Gasteiger partial charge in [-0.25, -0.2) is 0 Å². The Labute approximate surface area is 109 Å². The predicted octanol–water partition coefficient (Wildman–Crippen LogP) is 2.90. The van der Waals surface area contributed by atoms with Crippen LogP contribution >= 0.6 is 0 Å². The van der Waals surface area contributed by atoms with Gasteiger partial charge in [0.2, 0.25) is 0 Å². The number of rotatable bonds is 8. The van der Waals surface area contributed by atoms with Gasteiger partial charge < -0.3 is 14.8 Å². The van der Waals surface area contributed by atoms with E-state index < -0.39 is 0 Å². The molecule has 98 valence electrons. The van der Waals surface area contributed by atoms with E-state index in [0.29, 0.717) is 19.3 Å². The molecule has 0 atom stereocenters. The number of nitrogens with one attached hydrogen (secondary N) is 1. The molecule has 0 radical (unpaired) electrons. The second-order valence-corrected chi connectivity index (χ2v) is 4.43. The Kier molecular flexibility index (Phi) is 4.65. The summed E-state index contributed by atoms with van der Waals surface area (Å²) in [4.78, 5) is 0. The standard InChI is InChI=1S/C15H21NO2/c1-3-10-18-15-12(11-16-13-8-9-13)6-5-7-14(15)17-4-2/h3,5-7,13,16H,1,4,8-11H2,2H3. The van der Waals surface area contributed by atoms with E-state index >= 15 is 0 Å². The van der Waals surface area contributed by atoms with Crippen LogP contribution < -0.4 is 14.8 Å². The van der Waals surface area contributed by atoms with E-state index in [4.69, 9.17) is 9.47 Å². The molecule has 0 saturated heterocycles. The van der Waals surface area contributed by atoms with Gasteiger partial charge >= 0.3 is 0 Å². The maximum Gasteiger partial charge on any atom is 0.166 e. The average molecular weight is 247 g/mol. The highest BCUT2D eigenvalue weighted by atomic mass is 16.5. The minimum atomic E-state index is 0.501. The van der Waals surface area contributed by atoms with Crippen LogP contribution in [0.4, 0.5) is 0 Å². The lowest BCUT2D eigenvalue weighted by atomic mass is 10.2. The first-order valence-corrected chi connectivity index (χ1v) is 6.57. The van der Waals surface area contributed by atoms with Gasteiger partial charge in [-0.1, -0.05) is 24.8 Å². The lowest BCUT2D eigenvalue weighted by Crippen LogP contribution is -2.16. The van der Waals surface area contributed by atoms with Gasteiger partial charge in [-0.3, -0.25) is 0 Å². The zero-order chi connectivity index (χ0) is 12.8. The van der Waals surface area contributed by atoms with Crippen LogP contribution in [0, 0.1) is 0 Å². The molecule has 18 heavy (non-hydrogen) atoms. The molecule has 3 nitrogen and oxygen atoms in total. The summed E-state index contributed by atoms with van der Waals surface area (Å²) in [6, 6.07) is 6.72. The van der Waals surface area contributed by atoms with Crippen molar-refractivity contribution in [3.8, 4) is 11.5 Å². The molecule has 1 aromatic rings. The number of para-hydroxylation sites is 1. The van der Waals surface area contributed by atoms with Crippen LogP contribution in [0.25, 0.3) is 0 Å². The molecule has 0 aliphatic heterocycles. The van der Waals surface area contributed by atoms with Gasteiger partial charge in [-0.05, 0) is 25.8 Å². The van der Waals surface area contributed by atoms with Crippen molar-refractivity contribution in [3.05, 3.63) is 36.4 Å². The summed E-state index contributed by atoms with van der Waals surface area (Å²) in [7, 11) is 0. The molecule has 0 amide bonds. The lowest BCUT2D eigenvalue weighted by Gasteiger charge is -2.15. The second kappa shape index (κ2) is 6.45. The molecule has 0 aromatic heterocycles. The molecule has 0 heterocycles. The fraction of sp³-hybridized carbons (Fsp3) is 0.467. The summed E-state index contributed by atoms with van der Waals surface area (Å²) in [6.45, 7) is 7.64. The molecule has 0 unspecified atom stereocenters. The minimum absolute atomic E-state index is 0.501. The van der Waals surface area contributed by atoms with Crippen LogP contribution in [0.5, 0.6) is 11.5 Å². The molecule has 0 spiro atoms. The fourth-order valence-corrected chi connectivity index (χ4v) is 1.82. The number of hydrogen-bond acceptors (Lipinski definition) is 3. The van der Waals surface area contributed by atoms with Crippen LogP contribution in [0.3, 0.4) is 0 Å². The van der Waals surface area contributed by atoms with Gasteiger partial charge in [0.25, 0.3) is 0 Å². The molecule has 1 aliphatic rings. The van der Waals surface area contributed by atoms with Crippen LogP contribution in [0.2, 0.25) is 0 Å². The predicted molar refractivity (Wildman–Crippen MR) is 73.2 cm³/mol. The third kappa shape index (κ3) is 3.50. The van der Waals surface area contributed by atoms with Crippen molar-refractivity contribution in [3.63, 3.8) is 0 Å². The van der Waals surface area contributed by atoms with Crippen molar-refractivity contribution in [2.24, 2.45) is 0 Å². The van der Waals surface area contributed by atoms with Crippen molar-refractivity contribution in [1.82, 2.24) is 5.32 Å². The van der Waals surface area contributed by atoms with Gasteiger partial charge in [-0.2, -0.15) is 0 Å². The Morgan fingerprint density at radius 1 is 1.39 bits per heavy atom. The average Bonchev–Trinajstić information content (AvgIpc) is 3.19. The number of hydrogen-bond donors (Lipinski definition) is 1. The van der Waals surface area contributed by atoms with Crippen LogP contribution in [0.1, 0.15) is 25.3 Å². The molecule has 1 fully saturated rings. The highest BCUT2D eigenvalue weighted by molar-refractivity contribution is 5.46. The van der Waals surface area contributed by atoms with Gasteiger partial charge in [0.15, 0.2) is 11.5 Å². The van der Waals surface area contributed by atoms with Crippen molar-refractivity contribution in [2.45, 2.75) is 32.4 Å². The normalized spacial score (nSPS) is 14.3. The molecule has 0 bridgehead atoms. The van der Waals surface area contributed by atoms with E-state index in [2.05, 4.69) is 18.0 Å². The van der Waals surface area contributed by atoms with Crippen molar-refractivity contribution in [2.75, 3.05) is 13.2 Å². The quantitative estimate of drug-likeness (QED) is 0.716. The molecule has 1 aromatic carbocycles. The molecule has 1 N–H and O–H groups in total. The van der Waals surface area contributed by atoms with E-state index in [0.717, 1.165) is 23.6 Å². The minimum Gasteiger partial charge on any atom is -0.490 e. The summed E-state index contributed by atoms with van der Waals surface area (Å²) in [5.74, 6) is 1.65. The Balaban J connectivity index is 2.12. The van der Waals surface area contributed by atoms with Crippen LogP contribution in [-0.2, 0) is 6.54 Å². The SMILES string of the molecule is C=CCOc1c(CNC2CC2)cccc1OCC. The highest BCUT2D eigenvalue weighted by Crippen LogP contribution is 2.32.